The van der Waals surface area contributed by atoms with Gasteiger partial charge in [0.15, 0.2) is 0 Å². The number of nitrogens with one attached hydrogen (secondary N) is 2. The Bertz CT molecular complexity index is 860. The third-order valence-corrected chi connectivity index (χ3v) is 8.86. The Balaban J connectivity index is 1.49. The lowest BCUT2D eigenvalue weighted by Gasteiger charge is -2.55. The monoisotopic (exact) mass is 464 g/mol. The van der Waals surface area contributed by atoms with Crippen molar-refractivity contribution in [3.05, 3.63) is 58.2 Å². The van der Waals surface area contributed by atoms with Gasteiger partial charge < -0.3 is 10.6 Å². The zero-order chi connectivity index (χ0) is 24.8. The predicted octanol–water partition coefficient (Wildman–Crippen LogP) is 7.69. The fourth-order valence-corrected chi connectivity index (χ4v) is 6.80. The Hall–Kier alpha value is -1.38. The molecule has 0 bridgehead atoms. The first-order valence-corrected chi connectivity index (χ1v) is 14.0. The van der Waals surface area contributed by atoms with E-state index in [2.05, 4.69) is 89.5 Å². The Labute approximate surface area is 211 Å². The van der Waals surface area contributed by atoms with Crippen molar-refractivity contribution >= 4 is 0 Å². The third-order valence-electron chi connectivity index (χ3n) is 8.86. The normalized spacial score (nSPS) is 26.8. The molecule has 34 heavy (non-hydrogen) atoms. The minimum absolute atomic E-state index is 0.337. The molecule has 3 atom stereocenters. The van der Waals surface area contributed by atoms with E-state index in [0.717, 1.165) is 38.5 Å². The van der Waals surface area contributed by atoms with Crippen LogP contribution < -0.4 is 10.6 Å². The number of hydrogen-bond acceptors (Lipinski definition) is 2. The van der Waals surface area contributed by atoms with Crippen LogP contribution >= 0.6 is 0 Å². The van der Waals surface area contributed by atoms with E-state index in [9.17, 15) is 0 Å². The number of allylic oxidation sites excluding steroid dienone is 3. The van der Waals surface area contributed by atoms with Gasteiger partial charge in [0.25, 0.3) is 0 Å². The Morgan fingerprint density at radius 2 is 1.82 bits per heavy atom. The fourth-order valence-electron chi connectivity index (χ4n) is 6.80. The molecule has 2 nitrogen and oxygen atoms in total. The van der Waals surface area contributed by atoms with E-state index in [0.29, 0.717) is 16.7 Å². The lowest BCUT2D eigenvalue weighted by molar-refractivity contribution is 0.0261. The van der Waals surface area contributed by atoms with Crippen molar-refractivity contribution in [2.24, 2.45) is 11.3 Å². The summed E-state index contributed by atoms with van der Waals surface area (Å²) >= 11 is 0. The number of benzene rings is 1. The summed E-state index contributed by atoms with van der Waals surface area (Å²) in [6, 6.07) is 7.43. The van der Waals surface area contributed by atoms with Gasteiger partial charge in [0.2, 0.25) is 0 Å². The van der Waals surface area contributed by atoms with E-state index < -0.39 is 0 Å². The van der Waals surface area contributed by atoms with Gasteiger partial charge >= 0.3 is 0 Å². The van der Waals surface area contributed by atoms with Gasteiger partial charge in [-0.3, -0.25) is 0 Å². The Kier molecular flexibility index (Phi) is 9.64. The molecule has 3 rings (SSSR count). The minimum atomic E-state index is 0.337. The molecule has 0 heterocycles. The molecular formula is C32H52N2. The maximum atomic E-state index is 3.84. The smallest absolute Gasteiger partial charge is 0.0137 e. The van der Waals surface area contributed by atoms with Gasteiger partial charge in [0.05, 0.1) is 0 Å². The number of fused-ring (bicyclic) bond motifs is 3. The quantitative estimate of drug-likeness (QED) is 0.259. The fraction of sp³-hybridized carbons (Fsp3) is 0.688. The van der Waals surface area contributed by atoms with E-state index in [4.69, 9.17) is 0 Å². The van der Waals surface area contributed by atoms with Crippen molar-refractivity contribution in [1.82, 2.24) is 10.6 Å². The van der Waals surface area contributed by atoms with Crippen molar-refractivity contribution in [3.63, 3.8) is 0 Å². The second-order valence-corrected chi connectivity index (χ2v) is 12.3. The molecule has 0 spiro atoms. The van der Waals surface area contributed by atoms with Gasteiger partial charge in [-0.15, -0.1) is 0 Å². The highest BCUT2D eigenvalue weighted by molar-refractivity contribution is 5.42. The lowest BCUT2D eigenvalue weighted by atomic mass is 9.49. The van der Waals surface area contributed by atoms with Crippen LogP contribution in [0.15, 0.2) is 41.5 Å². The van der Waals surface area contributed by atoms with Crippen LogP contribution in [-0.2, 0) is 11.8 Å². The van der Waals surface area contributed by atoms with Crippen molar-refractivity contribution in [3.8, 4) is 0 Å². The second-order valence-electron chi connectivity index (χ2n) is 12.3. The summed E-state index contributed by atoms with van der Waals surface area (Å²) in [5, 5.41) is 7.44. The van der Waals surface area contributed by atoms with Crippen LogP contribution in [0.3, 0.4) is 0 Å². The van der Waals surface area contributed by atoms with Gasteiger partial charge in [0.1, 0.15) is 0 Å². The van der Waals surface area contributed by atoms with Crippen molar-refractivity contribution in [1.29, 1.82) is 0 Å². The largest absolute Gasteiger partial charge is 0.315 e. The summed E-state index contributed by atoms with van der Waals surface area (Å²) in [6.07, 6.45) is 13.7. The van der Waals surface area contributed by atoms with Gasteiger partial charge in [-0.05, 0) is 98.7 Å². The van der Waals surface area contributed by atoms with Crippen LogP contribution in [0.1, 0.15) is 110 Å². The molecule has 0 aliphatic heterocycles. The Morgan fingerprint density at radius 3 is 2.56 bits per heavy atom. The Morgan fingerprint density at radius 1 is 1.06 bits per heavy atom. The zero-order valence-electron chi connectivity index (χ0n) is 23.3. The summed E-state index contributed by atoms with van der Waals surface area (Å²) in [5.41, 5.74) is 8.44. The third kappa shape index (κ3) is 6.64. The van der Waals surface area contributed by atoms with Crippen molar-refractivity contribution in [2.45, 2.75) is 105 Å². The molecule has 1 aromatic rings. The summed E-state index contributed by atoms with van der Waals surface area (Å²) in [5.74, 6) is 1.39. The molecule has 0 saturated heterocycles. The molecule has 1 fully saturated rings. The summed E-state index contributed by atoms with van der Waals surface area (Å²) in [7, 11) is 0. The molecule has 2 N–H and O–H groups in total. The maximum Gasteiger partial charge on any atom is 0.0137 e. The average Bonchev–Trinajstić information content (AvgIpc) is 2.77. The van der Waals surface area contributed by atoms with Gasteiger partial charge in [0, 0.05) is 26.2 Å². The van der Waals surface area contributed by atoms with E-state index in [1.807, 2.05) is 0 Å². The highest BCUT2D eigenvalue weighted by Gasteiger charge is 2.51. The van der Waals surface area contributed by atoms with Gasteiger partial charge in [-0.2, -0.15) is 0 Å². The first-order chi connectivity index (χ1) is 16.2. The number of hydrogen-bond donors (Lipinski definition) is 2. The van der Waals surface area contributed by atoms with Crippen LogP contribution in [0.4, 0.5) is 0 Å². The molecule has 0 unspecified atom stereocenters. The van der Waals surface area contributed by atoms with E-state index in [1.165, 1.54) is 55.2 Å². The van der Waals surface area contributed by atoms with Crippen LogP contribution in [0.2, 0.25) is 0 Å². The van der Waals surface area contributed by atoms with Crippen molar-refractivity contribution in [2.75, 3.05) is 26.2 Å². The molecular weight excluding hydrogens is 412 g/mol. The van der Waals surface area contributed by atoms with Crippen molar-refractivity contribution < 1.29 is 0 Å². The molecule has 2 heteroatoms. The highest BCUT2D eigenvalue weighted by Crippen LogP contribution is 2.57. The van der Waals surface area contributed by atoms with E-state index in [-0.39, 0.29) is 0 Å². The zero-order valence-corrected chi connectivity index (χ0v) is 23.3. The summed E-state index contributed by atoms with van der Waals surface area (Å²) in [4.78, 5) is 0. The molecule has 0 radical (unpaired) electrons. The van der Waals surface area contributed by atoms with Crippen LogP contribution in [-0.4, -0.2) is 26.2 Å². The topological polar surface area (TPSA) is 24.1 Å². The second kappa shape index (κ2) is 12.0. The molecule has 190 valence electrons. The number of rotatable bonds is 11. The summed E-state index contributed by atoms with van der Waals surface area (Å²) < 4.78 is 0. The van der Waals surface area contributed by atoms with Crippen LogP contribution in [0.5, 0.6) is 0 Å². The molecule has 0 amide bonds. The first kappa shape index (κ1) is 27.2. The van der Waals surface area contributed by atoms with Gasteiger partial charge in [-0.25, -0.2) is 0 Å². The standard InChI is InChI=1S/C32H52N2/c1-24(2)10-8-11-26(5)16-19-33-20-21-34-23-31(6)17-9-18-32(7)29-14-12-27(25(3)4)22-28(29)13-15-30(31)32/h10,12,14,16,22,25,30,33-34H,8-9,11,13,15,17-21,23H2,1-7H3/b26-16+/t30-,31-,32+/m0/s1. The lowest BCUT2D eigenvalue weighted by Crippen LogP contribution is -2.53. The predicted molar refractivity (Wildman–Crippen MR) is 150 cm³/mol. The molecule has 1 aromatic carbocycles. The van der Waals surface area contributed by atoms with Crippen LogP contribution in [0.25, 0.3) is 0 Å². The average molecular weight is 465 g/mol. The van der Waals surface area contributed by atoms with Gasteiger partial charge in [-0.1, -0.05) is 75.6 Å². The number of aryl methyl sites for hydroxylation is 1. The minimum Gasteiger partial charge on any atom is -0.315 e. The SMILES string of the molecule is CC(C)=CCC/C(C)=C/CNCCNC[C@]1(C)CCC[C@]2(C)c3ccc(C(C)C)cc3CC[C@@H]12. The first-order valence-electron chi connectivity index (χ1n) is 14.0. The maximum absolute atomic E-state index is 3.84. The summed E-state index contributed by atoms with van der Waals surface area (Å²) in [6.45, 7) is 20.6. The molecule has 2 aliphatic carbocycles. The van der Waals surface area contributed by atoms with E-state index in [1.54, 1.807) is 11.1 Å². The molecule has 1 saturated carbocycles. The van der Waals surface area contributed by atoms with E-state index >= 15 is 0 Å². The molecule has 0 aromatic heterocycles. The molecule has 2 aliphatic rings. The highest BCUT2D eigenvalue weighted by atomic mass is 14.9. The van der Waals surface area contributed by atoms with Crippen LogP contribution in [0, 0.1) is 11.3 Å².